The van der Waals surface area contributed by atoms with Gasteiger partial charge >= 0.3 is 0 Å². The minimum atomic E-state index is -0.402. The van der Waals surface area contributed by atoms with E-state index in [1.165, 1.54) is 0 Å². The quantitative estimate of drug-likeness (QED) is 0.644. The highest BCUT2D eigenvalue weighted by Crippen LogP contribution is 2.23. The number of nitrogens with zero attached hydrogens (tertiary/aromatic N) is 3. The fraction of sp³-hybridized carbons (Fsp3) is 0.318. The summed E-state index contributed by atoms with van der Waals surface area (Å²) in [5, 5.41) is 4.05. The summed E-state index contributed by atoms with van der Waals surface area (Å²) in [6.45, 7) is 6.21. The molecule has 0 aliphatic heterocycles. The van der Waals surface area contributed by atoms with Crippen LogP contribution in [0.25, 0.3) is 11.4 Å². The molecular formula is C22H25N3O3. The Morgan fingerprint density at radius 3 is 2.43 bits per heavy atom. The standard InChI is InChI=1S/C22H25N3O3/c1-22(2,3)25(20(26)14-17-12-8-9-13-18(17)27-4)15-19-23-21(24-28-19)16-10-6-5-7-11-16/h5-13H,14-15H2,1-4H3. The topological polar surface area (TPSA) is 68.5 Å². The third-order valence-electron chi connectivity index (χ3n) is 4.44. The van der Waals surface area contributed by atoms with Gasteiger partial charge < -0.3 is 14.2 Å². The van der Waals surface area contributed by atoms with Crippen molar-refractivity contribution in [3.63, 3.8) is 0 Å². The van der Waals surface area contributed by atoms with Crippen molar-refractivity contribution in [1.82, 2.24) is 15.0 Å². The van der Waals surface area contributed by atoms with Gasteiger partial charge in [0.1, 0.15) is 12.3 Å². The van der Waals surface area contributed by atoms with Gasteiger partial charge in [0.25, 0.3) is 0 Å². The van der Waals surface area contributed by atoms with Crippen LogP contribution in [0, 0.1) is 0 Å². The summed E-state index contributed by atoms with van der Waals surface area (Å²) in [5.41, 5.74) is 1.32. The summed E-state index contributed by atoms with van der Waals surface area (Å²) in [6, 6.07) is 17.2. The van der Waals surface area contributed by atoms with Gasteiger partial charge in [0.2, 0.25) is 17.6 Å². The predicted octanol–water partition coefficient (Wildman–Crippen LogP) is 4.12. The van der Waals surface area contributed by atoms with Crippen LogP contribution in [0.1, 0.15) is 32.2 Å². The number of aromatic nitrogens is 2. The van der Waals surface area contributed by atoms with Gasteiger partial charge in [-0.3, -0.25) is 4.79 Å². The second kappa shape index (κ2) is 8.25. The molecule has 3 rings (SSSR count). The Hall–Kier alpha value is -3.15. The highest BCUT2D eigenvalue weighted by molar-refractivity contribution is 5.80. The predicted molar refractivity (Wildman–Crippen MR) is 107 cm³/mol. The van der Waals surface area contributed by atoms with Crippen LogP contribution in [0.3, 0.4) is 0 Å². The summed E-state index contributed by atoms with van der Waals surface area (Å²) in [6.07, 6.45) is 0.237. The number of methoxy groups -OCH3 is 1. The Bertz CT molecular complexity index is 929. The van der Waals surface area contributed by atoms with Crippen molar-refractivity contribution in [1.29, 1.82) is 0 Å². The zero-order valence-electron chi connectivity index (χ0n) is 16.7. The lowest BCUT2D eigenvalue weighted by Gasteiger charge is -2.34. The molecule has 0 N–H and O–H groups in total. The van der Waals surface area contributed by atoms with E-state index in [0.29, 0.717) is 17.5 Å². The molecule has 0 saturated heterocycles. The largest absolute Gasteiger partial charge is 0.496 e. The van der Waals surface area contributed by atoms with Crippen LogP contribution in [0.15, 0.2) is 59.1 Å². The van der Waals surface area contributed by atoms with E-state index >= 15 is 0 Å². The Morgan fingerprint density at radius 1 is 1.07 bits per heavy atom. The first-order chi connectivity index (χ1) is 13.4. The van der Waals surface area contributed by atoms with E-state index in [9.17, 15) is 4.79 Å². The maximum Gasteiger partial charge on any atom is 0.246 e. The lowest BCUT2D eigenvalue weighted by Crippen LogP contribution is -2.45. The van der Waals surface area contributed by atoms with Gasteiger partial charge in [-0.2, -0.15) is 4.98 Å². The smallest absolute Gasteiger partial charge is 0.246 e. The molecule has 0 aliphatic carbocycles. The summed E-state index contributed by atoms with van der Waals surface area (Å²) in [7, 11) is 1.61. The molecule has 0 unspecified atom stereocenters. The van der Waals surface area contributed by atoms with Gasteiger partial charge in [-0.05, 0) is 26.8 Å². The van der Waals surface area contributed by atoms with Crippen molar-refractivity contribution in [2.45, 2.75) is 39.3 Å². The number of carbonyl (C=O) groups excluding carboxylic acids is 1. The van der Waals surface area contributed by atoms with E-state index < -0.39 is 5.54 Å². The molecule has 0 atom stereocenters. The third-order valence-corrected chi connectivity index (χ3v) is 4.44. The molecule has 0 bridgehead atoms. The number of hydrogen-bond donors (Lipinski definition) is 0. The van der Waals surface area contributed by atoms with Crippen molar-refractivity contribution in [3.8, 4) is 17.1 Å². The summed E-state index contributed by atoms with van der Waals surface area (Å²) in [4.78, 5) is 19.3. The van der Waals surface area contributed by atoms with Crippen LogP contribution in [0.4, 0.5) is 0 Å². The lowest BCUT2D eigenvalue weighted by molar-refractivity contribution is -0.136. The molecule has 1 amide bonds. The average molecular weight is 379 g/mol. The molecule has 0 radical (unpaired) electrons. The molecule has 6 heteroatoms. The number of para-hydroxylation sites is 1. The van der Waals surface area contributed by atoms with Crippen LogP contribution in [-0.2, 0) is 17.8 Å². The molecule has 6 nitrogen and oxygen atoms in total. The number of hydrogen-bond acceptors (Lipinski definition) is 5. The summed E-state index contributed by atoms with van der Waals surface area (Å²) < 4.78 is 10.8. The first-order valence-electron chi connectivity index (χ1n) is 9.19. The van der Waals surface area contributed by atoms with E-state index in [-0.39, 0.29) is 18.9 Å². The van der Waals surface area contributed by atoms with E-state index in [1.807, 2.05) is 75.4 Å². The van der Waals surface area contributed by atoms with Crippen LogP contribution in [-0.4, -0.2) is 33.6 Å². The van der Waals surface area contributed by atoms with Gasteiger partial charge in [-0.1, -0.05) is 53.7 Å². The highest BCUT2D eigenvalue weighted by Gasteiger charge is 2.29. The number of rotatable bonds is 6. The molecule has 1 aromatic heterocycles. The monoisotopic (exact) mass is 379 g/mol. The van der Waals surface area contributed by atoms with Crippen LogP contribution in [0.2, 0.25) is 0 Å². The minimum absolute atomic E-state index is 0.0311. The molecule has 0 aliphatic rings. The van der Waals surface area contributed by atoms with E-state index in [0.717, 1.165) is 11.1 Å². The first-order valence-corrected chi connectivity index (χ1v) is 9.19. The van der Waals surface area contributed by atoms with Crippen molar-refractivity contribution >= 4 is 5.91 Å². The molecule has 0 fully saturated rings. The normalized spacial score (nSPS) is 11.3. The van der Waals surface area contributed by atoms with Gasteiger partial charge in [0, 0.05) is 16.7 Å². The summed E-state index contributed by atoms with van der Waals surface area (Å²) >= 11 is 0. The fourth-order valence-electron chi connectivity index (χ4n) is 2.97. The fourth-order valence-corrected chi connectivity index (χ4v) is 2.97. The zero-order chi connectivity index (χ0) is 20.1. The SMILES string of the molecule is COc1ccccc1CC(=O)N(Cc1nc(-c2ccccc2)no1)C(C)(C)C. The van der Waals surface area contributed by atoms with Crippen molar-refractivity contribution in [3.05, 3.63) is 66.1 Å². The van der Waals surface area contributed by atoms with Gasteiger partial charge in [0.05, 0.1) is 13.5 Å². The third kappa shape index (κ3) is 4.57. The zero-order valence-corrected chi connectivity index (χ0v) is 16.7. The molecule has 146 valence electrons. The highest BCUT2D eigenvalue weighted by atomic mass is 16.5. The van der Waals surface area contributed by atoms with Gasteiger partial charge in [-0.25, -0.2) is 0 Å². The lowest BCUT2D eigenvalue weighted by atomic mass is 10.0. The van der Waals surface area contributed by atoms with Crippen molar-refractivity contribution in [2.24, 2.45) is 0 Å². The summed E-state index contributed by atoms with van der Waals surface area (Å²) in [5.74, 6) is 1.59. The molecule has 3 aromatic rings. The van der Waals surface area contributed by atoms with E-state index in [1.54, 1.807) is 12.0 Å². The van der Waals surface area contributed by atoms with Crippen molar-refractivity contribution < 1.29 is 14.1 Å². The second-order valence-corrected chi connectivity index (χ2v) is 7.52. The van der Waals surface area contributed by atoms with Gasteiger partial charge in [0.15, 0.2) is 0 Å². The number of carbonyl (C=O) groups is 1. The van der Waals surface area contributed by atoms with E-state index in [2.05, 4.69) is 10.1 Å². The molecular weight excluding hydrogens is 354 g/mol. The van der Waals surface area contributed by atoms with Crippen molar-refractivity contribution in [2.75, 3.05) is 7.11 Å². The number of ether oxygens (including phenoxy) is 1. The Labute approximate surface area is 165 Å². The van der Waals surface area contributed by atoms with E-state index in [4.69, 9.17) is 9.26 Å². The van der Waals surface area contributed by atoms with Gasteiger partial charge in [-0.15, -0.1) is 0 Å². The van der Waals surface area contributed by atoms with Crippen LogP contribution < -0.4 is 4.74 Å². The molecule has 2 aromatic carbocycles. The first kappa shape index (κ1) is 19.6. The Balaban J connectivity index is 1.79. The molecule has 0 spiro atoms. The van der Waals surface area contributed by atoms with Crippen LogP contribution >= 0.6 is 0 Å². The second-order valence-electron chi connectivity index (χ2n) is 7.52. The maximum atomic E-state index is 13.1. The molecule has 0 saturated carbocycles. The number of benzene rings is 2. The maximum absolute atomic E-state index is 13.1. The molecule has 1 heterocycles. The Kier molecular flexibility index (Phi) is 5.78. The van der Waals surface area contributed by atoms with Crippen LogP contribution in [0.5, 0.6) is 5.75 Å². The Morgan fingerprint density at radius 2 is 1.75 bits per heavy atom. The minimum Gasteiger partial charge on any atom is -0.496 e. The number of amides is 1. The average Bonchev–Trinajstić information content (AvgIpc) is 3.15. The molecule has 28 heavy (non-hydrogen) atoms.